The Morgan fingerprint density at radius 1 is 1.23 bits per heavy atom. The van der Waals surface area contributed by atoms with Crippen LogP contribution in [-0.2, 0) is 9.53 Å². The summed E-state index contributed by atoms with van der Waals surface area (Å²) in [7, 11) is 0. The summed E-state index contributed by atoms with van der Waals surface area (Å²) in [5, 5.41) is 0.653. The first-order chi connectivity index (χ1) is 12.6. The maximum Gasteiger partial charge on any atom is 0.305 e. The largest absolute Gasteiger partial charge is 0.466 e. The van der Waals surface area contributed by atoms with Crippen molar-refractivity contribution in [3.8, 4) is 0 Å². The van der Waals surface area contributed by atoms with E-state index < -0.39 is 0 Å². The lowest BCUT2D eigenvalue weighted by atomic mass is 9.98. The van der Waals surface area contributed by atoms with Crippen molar-refractivity contribution in [3.63, 3.8) is 0 Å². The van der Waals surface area contributed by atoms with Crippen LogP contribution in [0.3, 0.4) is 0 Å². The lowest BCUT2D eigenvalue weighted by Gasteiger charge is -2.12. The van der Waals surface area contributed by atoms with Crippen molar-refractivity contribution in [2.45, 2.75) is 50.6 Å². The van der Waals surface area contributed by atoms with E-state index in [1.165, 1.54) is 0 Å². The molecule has 0 radical (unpaired) electrons. The summed E-state index contributed by atoms with van der Waals surface area (Å²) in [6, 6.07) is 11.6. The number of H-pyrrole nitrogens is 1. The number of ether oxygens (including phenoxy) is 1. The fourth-order valence-electron chi connectivity index (χ4n) is 2.61. The molecular formula is C20H26N2O3S. The number of esters is 1. The fraction of sp³-hybridized carbons (Fsp3) is 0.450. The van der Waals surface area contributed by atoms with Crippen molar-refractivity contribution in [3.05, 3.63) is 58.0 Å². The van der Waals surface area contributed by atoms with Crippen LogP contribution in [0.5, 0.6) is 0 Å². The number of carbonyl (C=O) groups excluding carboxylic acids is 1. The number of nitrogens with one attached hydrogen (secondary N) is 1. The van der Waals surface area contributed by atoms with Gasteiger partial charge in [-0.05, 0) is 25.3 Å². The molecule has 2 rings (SSSR count). The Kier molecular flexibility index (Phi) is 8.41. The van der Waals surface area contributed by atoms with Gasteiger partial charge in [0.2, 0.25) is 0 Å². The number of thioether (sulfide) groups is 1. The van der Waals surface area contributed by atoms with Crippen molar-refractivity contribution < 1.29 is 9.53 Å². The van der Waals surface area contributed by atoms with E-state index in [0.717, 1.165) is 36.3 Å². The van der Waals surface area contributed by atoms with Gasteiger partial charge in [-0.3, -0.25) is 9.59 Å². The predicted octanol–water partition coefficient (Wildman–Crippen LogP) is 4.14. The molecule has 0 saturated heterocycles. The SMILES string of the molecule is CCOC(=O)CCCCCSc1nc(C(C)c2ccccc2)cc(=O)[nH]1. The molecule has 1 N–H and O–H groups in total. The van der Waals surface area contributed by atoms with Crippen LogP contribution in [0, 0.1) is 0 Å². The van der Waals surface area contributed by atoms with Crippen LogP contribution in [0.1, 0.15) is 56.7 Å². The molecule has 0 saturated carbocycles. The summed E-state index contributed by atoms with van der Waals surface area (Å²) in [5.74, 6) is 0.797. The van der Waals surface area contributed by atoms with Crippen LogP contribution < -0.4 is 5.56 Å². The van der Waals surface area contributed by atoms with Gasteiger partial charge in [0.15, 0.2) is 5.16 Å². The first-order valence-corrected chi connectivity index (χ1v) is 10.0. The number of nitrogens with zero attached hydrogens (tertiary/aromatic N) is 1. The minimum atomic E-state index is -0.131. The van der Waals surface area contributed by atoms with Gasteiger partial charge in [-0.15, -0.1) is 0 Å². The number of benzene rings is 1. The van der Waals surface area contributed by atoms with Crippen LogP contribution in [-0.4, -0.2) is 28.3 Å². The molecule has 6 heteroatoms. The third-order valence-corrected chi connectivity index (χ3v) is 5.01. The van der Waals surface area contributed by atoms with Crippen molar-refractivity contribution >= 4 is 17.7 Å². The number of unbranched alkanes of at least 4 members (excludes halogenated alkanes) is 2. The van der Waals surface area contributed by atoms with Crippen molar-refractivity contribution in [1.29, 1.82) is 0 Å². The minimum absolute atomic E-state index is 0.0717. The topological polar surface area (TPSA) is 72.0 Å². The fourth-order valence-corrected chi connectivity index (χ4v) is 3.49. The lowest BCUT2D eigenvalue weighted by molar-refractivity contribution is -0.143. The molecule has 0 aliphatic heterocycles. The third kappa shape index (κ3) is 6.67. The molecule has 1 heterocycles. The van der Waals surface area contributed by atoms with E-state index in [1.54, 1.807) is 17.8 Å². The lowest BCUT2D eigenvalue weighted by Crippen LogP contribution is -2.12. The quantitative estimate of drug-likeness (QED) is 0.293. The molecule has 0 aliphatic rings. The molecule has 1 atom stereocenters. The van der Waals surface area contributed by atoms with Crippen LogP contribution in [0.15, 0.2) is 46.3 Å². The van der Waals surface area contributed by atoms with E-state index in [9.17, 15) is 9.59 Å². The second-order valence-electron chi connectivity index (χ2n) is 6.07. The maximum absolute atomic E-state index is 12.0. The predicted molar refractivity (Wildman–Crippen MR) is 105 cm³/mol. The maximum atomic E-state index is 12.0. The van der Waals surface area contributed by atoms with E-state index in [2.05, 4.69) is 16.9 Å². The van der Waals surface area contributed by atoms with E-state index >= 15 is 0 Å². The van der Waals surface area contributed by atoms with Crippen LogP contribution in [0.2, 0.25) is 0 Å². The third-order valence-electron chi connectivity index (χ3n) is 4.05. The molecule has 1 unspecified atom stereocenters. The second kappa shape index (κ2) is 10.8. The van der Waals surface area contributed by atoms with Gasteiger partial charge in [0.25, 0.3) is 5.56 Å². The molecule has 0 spiro atoms. The standard InChI is InChI=1S/C20H26N2O3S/c1-3-25-19(24)12-8-5-9-13-26-20-21-17(14-18(23)22-20)15(2)16-10-6-4-7-11-16/h4,6-7,10-11,14-15H,3,5,8-9,12-13H2,1-2H3,(H,21,22,23). The highest BCUT2D eigenvalue weighted by Crippen LogP contribution is 2.23. The van der Waals surface area contributed by atoms with Gasteiger partial charge in [0.1, 0.15) is 0 Å². The Balaban J connectivity index is 1.84. The highest BCUT2D eigenvalue weighted by atomic mass is 32.2. The van der Waals surface area contributed by atoms with Gasteiger partial charge < -0.3 is 9.72 Å². The van der Waals surface area contributed by atoms with E-state index in [4.69, 9.17) is 4.74 Å². The molecule has 1 aromatic carbocycles. The normalized spacial score (nSPS) is 11.9. The molecule has 5 nitrogen and oxygen atoms in total. The molecule has 1 aromatic heterocycles. The molecule has 26 heavy (non-hydrogen) atoms. The molecule has 2 aromatic rings. The summed E-state index contributed by atoms with van der Waals surface area (Å²) in [4.78, 5) is 30.6. The summed E-state index contributed by atoms with van der Waals surface area (Å²) >= 11 is 1.55. The molecule has 140 valence electrons. The zero-order valence-corrected chi connectivity index (χ0v) is 16.2. The number of hydrogen-bond acceptors (Lipinski definition) is 5. The Hall–Kier alpha value is -2.08. The molecule has 0 fully saturated rings. The number of carbonyl (C=O) groups is 1. The van der Waals surface area contributed by atoms with Crippen molar-refractivity contribution in [1.82, 2.24) is 9.97 Å². The smallest absolute Gasteiger partial charge is 0.305 e. The number of aromatic nitrogens is 2. The molecule has 0 amide bonds. The van der Waals surface area contributed by atoms with Gasteiger partial charge in [0, 0.05) is 24.2 Å². The van der Waals surface area contributed by atoms with Crippen LogP contribution in [0.4, 0.5) is 0 Å². The summed E-state index contributed by atoms with van der Waals surface area (Å²) in [6.07, 6.45) is 3.22. The van der Waals surface area contributed by atoms with Crippen LogP contribution >= 0.6 is 11.8 Å². The Morgan fingerprint density at radius 2 is 2.00 bits per heavy atom. The zero-order chi connectivity index (χ0) is 18.8. The average Bonchev–Trinajstić information content (AvgIpc) is 2.64. The number of rotatable bonds is 10. The van der Waals surface area contributed by atoms with Gasteiger partial charge in [0.05, 0.1) is 12.3 Å². The van der Waals surface area contributed by atoms with Gasteiger partial charge >= 0.3 is 5.97 Å². The van der Waals surface area contributed by atoms with Gasteiger partial charge in [-0.25, -0.2) is 4.98 Å². The monoisotopic (exact) mass is 374 g/mol. The Bertz CT molecular complexity index is 746. The Morgan fingerprint density at radius 3 is 2.73 bits per heavy atom. The van der Waals surface area contributed by atoms with E-state index in [0.29, 0.717) is 18.2 Å². The van der Waals surface area contributed by atoms with Gasteiger partial charge in [-0.1, -0.05) is 55.4 Å². The minimum Gasteiger partial charge on any atom is -0.466 e. The van der Waals surface area contributed by atoms with Crippen molar-refractivity contribution in [2.24, 2.45) is 0 Å². The van der Waals surface area contributed by atoms with Crippen molar-refractivity contribution in [2.75, 3.05) is 12.4 Å². The van der Waals surface area contributed by atoms with E-state index in [-0.39, 0.29) is 17.4 Å². The molecule has 0 aliphatic carbocycles. The van der Waals surface area contributed by atoms with E-state index in [1.807, 2.05) is 37.3 Å². The molecule has 0 bridgehead atoms. The highest BCUT2D eigenvalue weighted by molar-refractivity contribution is 7.99. The zero-order valence-electron chi connectivity index (χ0n) is 15.4. The average molecular weight is 375 g/mol. The highest BCUT2D eigenvalue weighted by Gasteiger charge is 2.12. The summed E-state index contributed by atoms with van der Waals surface area (Å²) in [6.45, 7) is 4.31. The number of hydrogen-bond donors (Lipinski definition) is 1. The van der Waals surface area contributed by atoms with Crippen LogP contribution in [0.25, 0.3) is 0 Å². The first-order valence-electron chi connectivity index (χ1n) is 9.04. The number of aromatic amines is 1. The van der Waals surface area contributed by atoms with Gasteiger partial charge in [-0.2, -0.15) is 0 Å². The molecular weight excluding hydrogens is 348 g/mol. The Labute approximate surface area is 158 Å². The second-order valence-corrected chi connectivity index (χ2v) is 7.16. The summed E-state index contributed by atoms with van der Waals surface area (Å²) < 4.78 is 4.91. The summed E-state index contributed by atoms with van der Waals surface area (Å²) in [5.41, 5.74) is 1.80. The first kappa shape index (κ1) is 20.2.